The maximum absolute atomic E-state index is 13.0. The van der Waals surface area contributed by atoms with E-state index < -0.39 is 0 Å². The molecule has 0 unspecified atom stereocenters. The van der Waals surface area contributed by atoms with Gasteiger partial charge in [-0.05, 0) is 24.1 Å². The molecular formula is C13H16FN3OS. The second-order valence-electron chi connectivity index (χ2n) is 4.68. The van der Waals surface area contributed by atoms with Crippen molar-refractivity contribution in [2.24, 2.45) is 5.92 Å². The van der Waals surface area contributed by atoms with Crippen LogP contribution < -0.4 is 10.6 Å². The fourth-order valence-corrected chi connectivity index (χ4v) is 2.40. The van der Waals surface area contributed by atoms with E-state index in [0.29, 0.717) is 17.6 Å². The molecule has 0 atom stereocenters. The monoisotopic (exact) mass is 281 g/mol. The van der Waals surface area contributed by atoms with E-state index in [1.165, 1.54) is 23.5 Å². The van der Waals surface area contributed by atoms with Crippen molar-refractivity contribution in [2.75, 3.05) is 18.4 Å². The van der Waals surface area contributed by atoms with Gasteiger partial charge in [0.15, 0.2) is 5.13 Å². The molecule has 1 aromatic carbocycles. The minimum absolute atomic E-state index is 0.0702. The van der Waals surface area contributed by atoms with E-state index in [4.69, 9.17) is 0 Å². The van der Waals surface area contributed by atoms with Crippen LogP contribution in [-0.4, -0.2) is 24.0 Å². The summed E-state index contributed by atoms with van der Waals surface area (Å²) in [5.74, 6) is 0.0749. The number of carbonyl (C=O) groups excluding carboxylic acids is 1. The van der Waals surface area contributed by atoms with Crippen LogP contribution in [0.5, 0.6) is 0 Å². The molecule has 1 aromatic heterocycles. The summed E-state index contributed by atoms with van der Waals surface area (Å²) in [5.41, 5.74) is 0.733. The molecule has 0 saturated heterocycles. The van der Waals surface area contributed by atoms with Crippen LogP contribution in [0, 0.1) is 11.7 Å². The molecule has 4 nitrogen and oxygen atoms in total. The van der Waals surface area contributed by atoms with E-state index >= 15 is 0 Å². The van der Waals surface area contributed by atoms with Gasteiger partial charge >= 0.3 is 0 Å². The average Bonchev–Trinajstić information content (AvgIpc) is 2.75. The highest BCUT2D eigenvalue weighted by Crippen LogP contribution is 2.26. The Balaban J connectivity index is 1.92. The molecular weight excluding hydrogens is 265 g/mol. The summed E-state index contributed by atoms with van der Waals surface area (Å²) in [6, 6.07) is 4.45. The molecule has 0 aliphatic carbocycles. The lowest BCUT2D eigenvalue weighted by molar-refractivity contribution is -0.119. The number of hydrogen-bond acceptors (Lipinski definition) is 4. The van der Waals surface area contributed by atoms with Crippen molar-refractivity contribution in [2.45, 2.75) is 13.8 Å². The van der Waals surface area contributed by atoms with Gasteiger partial charge in [-0.2, -0.15) is 0 Å². The Kier molecular flexibility index (Phi) is 4.31. The van der Waals surface area contributed by atoms with Gasteiger partial charge in [0, 0.05) is 6.54 Å². The van der Waals surface area contributed by atoms with E-state index in [2.05, 4.69) is 15.6 Å². The number of anilines is 1. The maximum Gasteiger partial charge on any atom is 0.239 e. The van der Waals surface area contributed by atoms with Crippen LogP contribution in [0.25, 0.3) is 10.2 Å². The zero-order valence-electron chi connectivity index (χ0n) is 10.9. The Hall–Kier alpha value is -1.69. The molecule has 0 bridgehead atoms. The van der Waals surface area contributed by atoms with Crippen molar-refractivity contribution >= 4 is 32.6 Å². The number of aromatic nitrogens is 1. The standard InChI is InChI=1S/C13H16FN3OS/c1-8(2)6-15-12(18)7-16-13-17-10-4-3-9(14)5-11(10)19-13/h3-5,8H,6-7H2,1-2H3,(H,15,18)(H,16,17). The third-order valence-electron chi connectivity index (χ3n) is 2.46. The number of benzene rings is 1. The molecule has 2 rings (SSSR count). The summed E-state index contributed by atoms with van der Waals surface area (Å²) in [6.07, 6.45) is 0. The first-order chi connectivity index (χ1) is 9.04. The van der Waals surface area contributed by atoms with Gasteiger partial charge in [-0.3, -0.25) is 4.79 Å². The molecule has 0 saturated carbocycles. The molecule has 1 amide bonds. The van der Waals surface area contributed by atoms with E-state index in [1.807, 2.05) is 13.8 Å². The zero-order chi connectivity index (χ0) is 13.8. The highest BCUT2D eigenvalue weighted by atomic mass is 32.1. The summed E-state index contributed by atoms with van der Waals surface area (Å²) in [4.78, 5) is 15.8. The van der Waals surface area contributed by atoms with Gasteiger partial charge in [-0.15, -0.1) is 0 Å². The number of nitrogens with zero attached hydrogens (tertiary/aromatic N) is 1. The fraction of sp³-hybridized carbons (Fsp3) is 0.385. The molecule has 2 N–H and O–H groups in total. The van der Waals surface area contributed by atoms with E-state index in [1.54, 1.807) is 6.07 Å². The van der Waals surface area contributed by atoms with Crippen LogP contribution in [-0.2, 0) is 4.79 Å². The second-order valence-corrected chi connectivity index (χ2v) is 5.71. The van der Waals surface area contributed by atoms with Crippen molar-refractivity contribution < 1.29 is 9.18 Å². The SMILES string of the molecule is CC(C)CNC(=O)CNc1nc2ccc(F)cc2s1. The number of fused-ring (bicyclic) bond motifs is 1. The van der Waals surface area contributed by atoms with Gasteiger partial charge in [0.1, 0.15) is 5.82 Å². The Bertz CT molecular complexity index is 582. The van der Waals surface area contributed by atoms with Gasteiger partial charge in [-0.1, -0.05) is 25.2 Å². The second kappa shape index (κ2) is 5.97. The van der Waals surface area contributed by atoms with Crippen molar-refractivity contribution in [3.8, 4) is 0 Å². The summed E-state index contributed by atoms with van der Waals surface area (Å²) in [6.45, 7) is 4.91. The Morgan fingerprint density at radius 1 is 1.47 bits per heavy atom. The minimum atomic E-state index is -0.280. The van der Waals surface area contributed by atoms with Crippen LogP contribution in [0.1, 0.15) is 13.8 Å². The lowest BCUT2D eigenvalue weighted by atomic mass is 10.2. The molecule has 102 valence electrons. The number of thiazole rings is 1. The zero-order valence-corrected chi connectivity index (χ0v) is 11.7. The van der Waals surface area contributed by atoms with Crippen LogP contribution >= 0.6 is 11.3 Å². The predicted octanol–water partition coefficient (Wildman–Crippen LogP) is 2.62. The van der Waals surface area contributed by atoms with Gasteiger partial charge in [0.25, 0.3) is 0 Å². The third-order valence-corrected chi connectivity index (χ3v) is 3.43. The molecule has 0 aliphatic rings. The molecule has 6 heteroatoms. The fourth-order valence-electron chi connectivity index (χ4n) is 1.51. The highest BCUT2D eigenvalue weighted by Gasteiger charge is 2.07. The summed E-state index contributed by atoms with van der Waals surface area (Å²) in [5, 5.41) is 6.39. The minimum Gasteiger partial charge on any atom is -0.354 e. The molecule has 0 fully saturated rings. The van der Waals surface area contributed by atoms with Gasteiger partial charge < -0.3 is 10.6 Å². The number of carbonyl (C=O) groups is 1. The summed E-state index contributed by atoms with van der Waals surface area (Å²) < 4.78 is 13.8. The van der Waals surface area contributed by atoms with Crippen LogP contribution in [0.15, 0.2) is 18.2 Å². The van der Waals surface area contributed by atoms with Gasteiger partial charge in [0.05, 0.1) is 16.8 Å². The van der Waals surface area contributed by atoms with Crippen molar-refractivity contribution in [1.29, 1.82) is 0 Å². The van der Waals surface area contributed by atoms with Gasteiger partial charge in [-0.25, -0.2) is 9.37 Å². The third kappa shape index (κ3) is 3.89. The van der Waals surface area contributed by atoms with Crippen LogP contribution in [0.4, 0.5) is 9.52 Å². The number of hydrogen-bond donors (Lipinski definition) is 2. The summed E-state index contributed by atoms with van der Waals surface area (Å²) >= 11 is 1.34. The lowest BCUT2D eigenvalue weighted by Gasteiger charge is -2.07. The molecule has 1 heterocycles. The van der Waals surface area contributed by atoms with Gasteiger partial charge in [0.2, 0.25) is 5.91 Å². The predicted molar refractivity (Wildman–Crippen MR) is 75.9 cm³/mol. The smallest absolute Gasteiger partial charge is 0.239 e. The Labute approximate surface area is 115 Å². The van der Waals surface area contributed by atoms with E-state index in [0.717, 1.165) is 10.2 Å². The molecule has 0 aliphatic heterocycles. The first-order valence-electron chi connectivity index (χ1n) is 6.11. The molecule has 0 radical (unpaired) electrons. The molecule has 0 spiro atoms. The molecule has 2 aromatic rings. The average molecular weight is 281 g/mol. The number of halogens is 1. The topological polar surface area (TPSA) is 54.0 Å². The van der Waals surface area contributed by atoms with Crippen LogP contribution in [0.2, 0.25) is 0 Å². The number of rotatable bonds is 5. The Morgan fingerprint density at radius 2 is 2.26 bits per heavy atom. The largest absolute Gasteiger partial charge is 0.354 e. The quantitative estimate of drug-likeness (QED) is 0.886. The van der Waals surface area contributed by atoms with Crippen LogP contribution in [0.3, 0.4) is 0 Å². The first kappa shape index (κ1) is 13.7. The highest BCUT2D eigenvalue weighted by molar-refractivity contribution is 7.22. The normalized spacial score (nSPS) is 10.9. The Morgan fingerprint density at radius 3 is 3.00 bits per heavy atom. The van der Waals surface area contributed by atoms with Crippen molar-refractivity contribution in [3.63, 3.8) is 0 Å². The maximum atomic E-state index is 13.0. The van der Waals surface area contributed by atoms with Crippen molar-refractivity contribution in [1.82, 2.24) is 10.3 Å². The lowest BCUT2D eigenvalue weighted by Crippen LogP contribution is -2.32. The molecule has 19 heavy (non-hydrogen) atoms. The summed E-state index contributed by atoms with van der Waals surface area (Å²) in [7, 11) is 0. The number of nitrogens with one attached hydrogen (secondary N) is 2. The van der Waals surface area contributed by atoms with E-state index in [-0.39, 0.29) is 18.3 Å². The van der Waals surface area contributed by atoms with E-state index in [9.17, 15) is 9.18 Å². The first-order valence-corrected chi connectivity index (χ1v) is 6.93. The number of amides is 1. The van der Waals surface area contributed by atoms with Crippen molar-refractivity contribution in [3.05, 3.63) is 24.0 Å².